The van der Waals surface area contributed by atoms with Crippen LogP contribution in [0.1, 0.15) is 16.1 Å². The highest BCUT2D eigenvalue weighted by atomic mass is 35.5. The summed E-state index contributed by atoms with van der Waals surface area (Å²) in [6.45, 7) is 2.04. The Kier molecular flexibility index (Phi) is 5.01. The van der Waals surface area contributed by atoms with Crippen molar-refractivity contribution in [3.63, 3.8) is 0 Å². The number of rotatable bonds is 3. The highest BCUT2D eigenvalue weighted by molar-refractivity contribution is 7.11. The summed E-state index contributed by atoms with van der Waals surface area (Å²) >= 11 is 13.5. The van der Waals surface area contributed by atoms with E-state index in [1.54, 1.807) is 24.3 Å². The summed E-state index contributed by atoms with van der Waals surface area (Å²) in [6.07, 6.45) is 1.73. The lowest BCUT2D eigenvalue weighted by molar-refractivity contribution is 1.36. The smallest absolute Gasteiger partial charge is 0.134 e. The number of hydrogen-bond donors (Lipinski definition) is 0. The predicted octanol–water partition coefficient (Wildman–Crippen LogP) is 6.49. The summed E-state index contributed by atoms with van der Waals surface area (Å²) in [5, 5.41) is 13.2. The van der Waals surface area contributed by atoms with Gasteiger partial charge in [-0.25, -0.2) is 4.98 Å². The van der Waals surface area contributed by atoms with E-state index < -0.39 is 0 Å². The zero-order valence-corrected chi connectivity index (χ0v) is 15.1. The Balaban J connectivity index is 1.96. The molecule has 118 valence electrons. The van der Waals surface area contributed by atoms with Crippen LogP contribution in [0.3, 0.4) is 0 Å². The maximum atomic E-state index is 9.48. The number of thiazole rings is 1. The van der Waals surface area contributed by atoms with Crippen LogP contribution in [0, 0.1) is 18.3 Å². The average molecular weight is 371 g/mol. The van der Waals surface area contributed by atoms with Gasteiger partial charge in [-0.05, 0) is 30.7 Å². The van der Waals surface area contributed by atoms with Crippen molar-refractivity contribution in [1.82, 2.24) is 4.98 Å². The Hall–Kier alpha value is -2.12. The van der Waals surface area contributed by atoms with E-state index in [9.17, 15) is 5.26 Å². The standard InChI is InChI=1S/C19H12Cl2N2S/c1-12-2-4-13(5-3-12)18-11-24-19(23-18)15(10-22)8-14-6-7-16(20)9-17(14)21/h2-9,11H,1H3/b15-8-. The van der Waals surface area contributed by atoms with Crippen molar-refractivity contribution in [2.45, 2.75) is 6.92 Å². The molecule has 1 aromatic heterocycles. The van der Waals surface area contributed by atoms with E-state index in [0.717, 1.165) is 16.8 Å². The van der Waals surface area contributed by atoms with Gasteiger partial charge in [-0.2, -0.15) is 5.26 Å². The number of aryl methyl sites for hydroxylation is 1. The van der Waals surface area contributed by atoms with Gasteiger partial charge in [0.1, 0.15) is 11.1 Å². The number of aromatic nitrogens is 1. The first-order valence-electron chi connectivity index (χ1n) is 7.16. The van der Waals surface area contributed by atoms with Crippen LogP contribution in [0.15, 0.2) is 47.8 Å². The maximum absolute atomic E-state index is 9.48. The SMILES string of the molecule is Cc1ccc(-c2csc(/C(C#N)=C\c3ccc(Cl)cc3Cl)n2)cc1. The summed E-state index contributed by atoms with van der Waals surface area (Å²) in [7, 11) is 0. The molecule has 0 spiro atoms. The fourth-order valence-corrected chi connectivity index (χ4v) is 3.43. The fraction of sp³-hybridized carbons (Fsp3) is 0.0526. The van der Waals surface area contributed by atoms with Gasteiger partial charge in [0.25, 0.3) is 0 Å². The summed E-state index contributed by atoms with van der Waals surface area (Å²) in [4.78, 5) is 4.58. The van der Waals surface area contributed by atoms with E-state index in [0.29, 0.717) is 20.6 Å². The number of allylic oxidation sites excluding steroid dienone is 1. The molecule has 0 fully saturated rings. The molecule has 0 N–H and O–H groups in total. The van der Waals surface area contributed by atoms with Crippen molar-refractivity contribution in [2.75, 3.05) is 0 Å². The Labute approximate surface area is 154 Å². The van der Waals surface area contributed by atoms with E-state index in [1.165, 1.54) is 16.9 Å². The van der Waals surface area contributed by atoms with Gasteiger partial charge in [-0.15, -0.1) is 11.3 Å². The first-order chi connectivity index (χ1) is 11.6. The fourth-order valence-electron chi connectivity index (χ4n) is 2.17. The monoisotopic (exact) mass is 370 g/mol. The summed E-state index contributed by atoms with van der Waals surface area (Å²) < 4.78 is 0. The second kappa shape index (κ2) is 7.19. The van der Waals surface area contributed by atoms with E-state index in [2.05, 4.69) is 11.1 Å². The summed E-state index contributed by atoms with van der Waals surface area (Å²) in [5.74, 6) is 0. The highest BCUT2D eigenvalue weighted by Gasteiger charge is 2.10. The topological polar surface area (TPSA) is 36.7 Å². The molecule has 0 aliphatic heterocycles. The lowest BCUT2D eigenvalue weighted by Crippen LogP contribution is -1.84. The normalized spacial score (nSPS) is 11.3. The van der Waals surface area contributed by atoms with Crippen molar-refractivity contribution in [3.8, 4) is 17.3 Å². The van der Waals surface area contributed by atoms with Crippen molar-refractivity contribution in [3.05, 3.63) is 74.0 Å². The minimum absolute atomic E-state index is 0.475. The number of benzene rings is 2. The van der Waals surface area contributed by atoms with Crippen molar-refractivity contribution < 1.29 is 0 Å². The van der Waals surface area contributed by atoms with E-state index in [1.807, 2.05) is 36.6 Å². The van der Waals surface area contributed by atoms with Gasteiger partial charge in [-0.1, -0.05) is 59.1 Å². The molecule has 0 unspecified atom stereocenters. The van der Waals surface area contributed by atoms with Gasteiger partial charge < -0.3 is 0 Å². The van der Waals surface area contributed by atoms with E-state index >= 15 is 0 Å². The van der Waals surface area contributed by atoms with Gasteiger partial charge in [0.2, 0.25) is 0 Å². The third kappa shape index (κ3) is 3.68. The van der Waals surface area contributed by atoms with E-state index in [4.69, 9.17) is 23.2 Å². The molecule has 0 aliphatic rings. The van der Waals surface area contributed by atoms with Crippen LogP contribution in [0.25, 0.3) is 22.9 Å². The van der Waals surface area contributed by atoms with Gasteiger partial charge >= 0.3 is 0 Å². The Morgan fingerprint density at radius 1 is 1.17 bits per heavy atom. The van der Waals surface area contributed by atoms with Gasteiger partial charge in [0.05, 0.1) is 11.3 Å². The molecule has 0 atom stereocenters. The van der Waals surface area contributed by atoms with Crippen LogP contribution in [-0.4, -0.2) is 4.98 Å². The molecule has 2 aromatic carbocycles. The van der Waals surface area contributed by atoms with Crippen LogP contribution in [-0.2, 0) is 0 Å². The second-order valence-electron chi connectivity index (χ2n) is 5.24. The minimum Gasteiger partial charge on any atom is -0.235 e. The molecular weight excluding hydrogens is 359 g/mol. The quantitative estimate of drug-likeness (QED) is 0.494. The molecular formula is C19H12Cl2N2S. The van der Waals surface area contributed by atoms with Gasteiger partial charge in [0, 0.05) is 21.0 Å². The zero-order valence-electron chi connectivity index (χ0n) is 12.8. The maximum Gasteiger partial charge on any atom is 0.134 e. The summed E-state index contributed by atoms with van der Waals surface area (Å²) in [5.41, 5.74) is 4.31. The van der Waals surface area contributed by atoms with Gasteiger partial charge in [0.15, 0.2) is 0 Å². The number of nitriles is 1. The lowest BCUT2D eigenvalue weighted by Gasteiger charge is -2.00. The Bertz CT molecular complexity index is 950. The lowest BCUT2D eigenvalue weighted by atomic mass is 10.1. The number of halogens is 2. The third-order valence-electron chi connectivity index (χ3n) is 3.46. The molecule has 3 aromatic rings. The first-order valence-corrected chi connectivity index (χ1v) is 8.80. The van der Waals surface area contributed by atoms with Crippen LogP contribution < -0.4 is 0 Å². The molecule has 1 heterocycles. The first kappa shape index (κ1) is 16.7. The van der Waals surface area contributed by atoms with Crippen molar-refractivity contribution in [1.29, 1.82) is 5.26 Å². The Morgan fingerprint density at radius 3 is 2.58 bits per heavy atom. The van der Waals surface area contributed by atoms with Gasteiger partial charge in [-0.3, -0.25) is 0 Å². The Morgan fingerprint density at radius 2 is 1.92 bits per heavy atom. The van der Waals surface area contributed by atoms with Crippen LogP contribution in [0.2, 0.25) is 10.0 Å². The summed E-state index contributed by atoms with van der Waals surface area (Å²) in [6, 6.07) is 15.5. The molecule has 0 saturated heterocycles. The van der Waals surface area contributed by atoms with Crippen molar-refractivity contribution >= 4 is 46.2 Å². The minimum atomic E-state index is 0.475. The molecule has 0 bridgehead atoms. The molecule has 24 heavy (non-hydrogen) atoms. The average Bonchev–Trinajstić information content (AvgIpc) is 3.05. The molecule has 0 aliphatic carbocycles. The molecule has 3 rings (SSSR count). The molecule has 2 nitrogen and oxygen atoms in total. The van der Waals surface area contributed by atoms with Crippen LogP contribution in [0.5, 0.6) is 0 Å². The van der Waals surface area contributed by atoms with Crippen molar-refractivity contribution in [2.24, 2.45) is 0 Å². The molecule has 5 heteroatoms. The second-order valence-corrected chi connectivity index (χ2v) is 6.94. The number of nitrogens with zero attached hydrogens (tertiary/aromatic N) is 2. The molecule has 0 radical (unpaired) electrons. The third-order valence-corrected chi connectivity index (χ3v) is 4.90. The molecule has 0 amide bonds. The predicted molar refractivity (Wildman–Crippen MR) is 102 cm³/mol. The van der Waals surface area contributed by atoms with E-state index in [-0.39, 0.29) is 0 Å². The zero-order chi connectivity index (χ0) is 17.1. The van der Waals surface area contributed by atoms with Crippen LogP contribution >= 0.6 is 34.5 Å². The largest absolute Gasteiger partial charge is 0.235 e. The molecule has 0 saturated carbocycles. The number of hydrogen-bond acceptors (Lipinski definition) is 3. The highest BCUT2D eigenvalue weighted by Crippen LogP contribution is 2.29. The van der Waals surface area contributed by atoms with Crippen LogP contribution in [0.4, 0.5) is 0 Å².